The third kappa shape index (κ3) is 6.17. The van der Waals surface area contributed by atoms with Crippen molar-refractivity contribution in [3.05, 3.63) is 74.3 Å². The Morgan fingerprint density at radius 3 is 2.59 bits per heavy atom. The van der Waals surface area contributed by atoms with Gasteiger partial charge < -0.3 is 20.4 Å². The molecule has 1 atom stereocenters. The van der Waals surface area contributed by atoms with Crippen molar-refractivity contribution in [3.8, 4) is 6.07 Å². The van der Waals surface area contributed by atoms with E-state index in [4.69, 9.17) is 27.6 Å². The Balaban J connectivity index is 1.93. The minimum absolute atomic E-state index is 0.102. The van der Waals surface area contributed by atoms with E-state index in [0.29, 0.717) is 32.8 Å². The third-order valence-corrected chi connectivity index (χ3v) is 6.33. The monoisotopic (exact) mass is 518 g/mol. The Kier molecular flexibility index (Phi) is 8.03. The van der Waals surface area contributed by atoms with Gasteiger partial charge in [0.05, 0.1) is 50.9 Å². The number of halogens is 2. The van der Waals surface area contributed by atoms with Gasteiger partial charge in [-0.2, -0.15) is 5.26 Å². The predicted molar refractivity (Wildman–Crippen MR) is 135 cm³/mol. The van der Waals surface area contributed by atoms with Crippen molar-refractivity contribution in [3.63, 3.8) is 0 Å². The molecule has 0 spiro atoms. The van der Waals surface area contributed by atoms with E-state index < -0.39 is 11.8 Å². The number of anilines is 1. The normalized spacial score (nSPS) is 16.1. The van der Waals surface area contributed by atoms with Crippen LogP contribution >= 0.6 is 35.0 Å². The zero-order valence-electron chi connectivity index (χ0n) is 19.1. The van der Waals surface area contributed by atoms with Crippen molar-refractivity contribution < 1.29 is 14.0 Å². The lowest BCUT2D eigenvalue weighted by Crippen LogP contribution is -2.41. The molecule has 2 aromatic rings. The van der Waals surface area contributed by atoms with Gasteiger partial charge in [0.15, 0.2) is 0 Å². The fraction of sp³-hybridized carbons (Fsp3) is 0.292. The van der Waals surface area contributed by atoms with Gasteiger partial charge in [-0.25, -0.2) is 0 Å². The smallest absolute Gasteiger partial charge is 0.254 e. The minimum atomic E-state index is -0.763. The average molecular weight is 519 g/mol. The second-order valence-electron chi connectivity index (χ2n) is 8.63. The fourth-order valence-electron chi connectivity index (χ4n) is 3.44. The summed E-state index contributed by atoms with van der Waals surface area (Å²) in [6.07, 6.45) is 1.48. The lowest BCUT2D eigenvalue weighted by atomic mass is 9.85. The number of thioether (sulfide) groups is 1. The summed E-state index contributed by atoms with van der Waals surface area (Å²) < 4.78 is 5.60. The van der Waals surface area contributed by atoms with Crippen LogP contribution in [-0.4, -0.2) is 23.1 Å². The van der Waals surface area contributed by atoms with E-state index in [1.807, 2.05) is 20.8 Å². The Morgan fingerprint density at radius 2 is 2.00 bits per heavy atom. The first-order valence-electron chi connectivity index (χ1n) is 10.4. The molecule has 10 heteroatoms. The Labute approximate surface area is 212 Å². The highest BCUT2D eigenvalue weighted by Crippen LogP contribution is 2.41. The molecule has 1 aromatic heterocycles. The molecule has 34 heavy (non-hydrogen) atoms. The molecular weight excluding hydrogens is 495 g/mol. The van der Waals surface area contributed by atoms with Crippen LogP contribution in [0.3, 0.4) is 0 Å². The summed E-state index contributed by atoms with van der Waals surface area (Å²) in [6, 6.07) is 10.3. The molecule has 0 fully saturated rings. The van der Waals surface area contributed by atoms with Crippen LogP contribution in [0.25, 0.3) is 0 Å². The van der Waals surface area contributed by atoms with E-state index in [1.165, 1.54) is 24.1 Å². The zero-order valence-corrected chi connectivity index (χ0v) is 21.4. The molecule has 2 amide bonds. The summed E-state index contributed by atoms with van der Waals surface area (Å²) in [6.45, 7) is 7.42. The van der Waals surface area contributed by atoms with Crippen molar-refractivity contribution in [2.75, 3.05) is 11.1 Å². The highest BCUT2D eigenvalue weighted by atomic mass is 35.5. The maximum absolute atomic E-state index is 13.4. The van der Waals surface area contributed by atoms with Gasteiger partial charge in [-0.15, -0.1) is 0 Å². The summed E-state index contributed by atoms with van der Waals surface area (Å²) in [7, 11) is 0. The van der Waals surface area contributed by atoms with E-state index in [1.54, 1.807) is 31.2 Å². The highest BCUT2D eigenvalue weighted by molar-refractivity contribution is 8.03. The van der Waals surface area contributed by atoms with Crippen molar-refractivity contribution in [2.45, 2.75) is 39.2 Å². The molecule has 2 heterocycles. The van der Waals surface area contributed by atoms with Gasteiger partial charge in [0.25, 0.3) is 5.91 Å². The molecule has 3 rings (SSSR count). The number of carbonyl (C=O) groups excluding carboxylic acids is 2. The number of dihydropyridines is 1. The summed E-state index contributed by atoms with van der Waals surface area (Å²) in [5.41, 5.74) is 1.13. The van der Waals surface area contributed by atoms with Crippen LogP contribution in [-0.2, 0) is 9.59 Å². The summed E-state index contributed by atoms with van der Waals surface area (Å²) in [5.74, 6) is -0.841. The Hall–Kier alpha value is -2.86. The first-order chi connectivity index (χ1) is 16.0. The molecule has 7 nitrogen and oxygen atoms in total. The third-order valence-electron chi connectivity index (χ3n) is 4.76. The van der Waals surface area contributed by atoms with Crippen LogP contribution in [0.5, 0.6) is 0 Å². The highest BCUT2D eigenvalue weighted by Gasteiger charge is 2.36. The van der Waals surface area contributed by atoms with Crippen molar-refractivity contribution in [2.24, 2.45) is 0 Å². The van der Waals surface area contributed by atoms with E-state index in [-0.39, 0.29) is 27.8 Å². The zero-order chi connectivity index (χ0) is 25.0. The van der Waals surface area contributed by atoms with E-state index in [0.717, 1.165) is 0 Å². The van der Waals surface area contributed by atoms with Crippen LogP contribution in [0.15, 0.2) is 62.9 Å². The molecule has 0 saturated carbocycles. The average Bonchev–Trinajstić information content (AvgIpc) is 3.27. The molecule has 1 aliphatic rings. The maximum atomic E-state index is 13.4. The molecular formula is C24H24Cl2N4O3S. The van der Waals surface area contributed by atoms with Gasteiger partial charge in [-0.3, -0.25) is 9.59 Å². The molecule has 1 aliphatic heterocycles. The molecule has 0 radical (unpaired) electrons. The number of nitrogens with zero attached hydrogens (tertiary/aromatic N) is 1. The second-order valence-corrected chi connectivity index (χ2v) is 10.5. The number of allylic oxidation sites excluding steroid dienone is 2. The van der Waals surface area contributed by atoms with Crippen LogP contribution < -0.4 is 16.0 Å². The van der Waals surface area contributed by atoms with Gasteiger partial charge in [-0.1, -0.05) is 35.0 Å². The Bertz CT molecular complexity index is 1210. The Morgan fingerprint density at radius 1 is 1.26 bits per heavy atom. The SMILES string of the molecule is CC1=C(C(=O)Nc2ccc(Cl)cc2Cl)[C@@H](c2ccco2)C(C#N)=C(SCC(=O)NC(C)(C)C)N1. The molecule has 0 unspecified atom stereocenters. The maximum Gasteiger partial charge on any atom is 0.254 e. The van der Waals surface area contributed by atoms with Crippen LogP contribution in [0.4, 0.5) is 5.69 Å². The standard InChI is InChI=1S/C24H24Cl2N4O3S/c1-13-20(22(32)29-17-8-7-14(25)10-16(17)26)21(18-6-5-9-33-18)15(11-27)23(28-13)34-12-19(31)30-24(2,3)4/h5-10,21,28H,12H2,1-4H3,(H,29,32)(H,30,31)/t21-/m1/s1. The molecule has 0 aliphatic carbocycles. The number of rotatable bonds is 6. The molecule has 1 aromatic carbocycles. The topological polar surface area (TPSA) is 107 Å². The summed E-state index contributed by atoms with van der Waals surface area (Å²) in [4.78, 5) is 25.7. The van der Waals surface area contributed by atoms with E-state index >= 15 is 0 Å². The fourth-order valence-corrected chi connectivity index (χ4v) is 4.79. The van der Waals surface area contributed by atoms with Crippen LogP contribution in [0.1, 0.15) is 39.4 Å². The first-order valence-corrected chi connectivity index (χ1v) is 12.1. The lowest BCUT2D eigenvalue weighted by molar-refractivity contribution is -0.120. The van der Waals surface area contributed by atoms with Gasteiger partial charge >= 0.3 is 0 Å². The minimum Gasteiger partial charge on any atom is -0.468 e. The summed E-state index contributed by atoms with van der Waals surface area (Å²) in [5, 5.41) is 20.1. The number of carbonyl (C=O) groups is 2. The molecule has 0 bridgehead atoms. The number of furan rings is 1. The van der Waals surface area contributed by atoms with Crippen molar-refractivity contribution >= 4 is 52.5 Å². The number of amides is 2. The van der Waals surface area contributed by atoms with E-state index in [2.05, 4.69) is 22.0 Å². The van der Waals surface area contributed by atoms with Gasteiger partial charge in [0, 0.05) is 16.3 Å². The number of hydrogen-bond donors (Lipinski definition) is 3. The van der Waals surface area contributed by atoms with Gasteiger partial charge in [0.2, 0.25) is 5.91 Å². The number of benzene rings is 1. The quantitative estimate of drug-likeness (QED) is 0.461. The molecule has 0 saturated heterocycles. The van der Waals surface area contributed by atoms with Gasteiger partial charge in [-0.05, 0) is 58.0 Å². The summed E-state index contributed by atoms with van der Waals surface area (Å²) >= 11 is 13.4. The number of nitrogens with one attached hydrogen (secondary N) is 3. The van der Waals surface area contributed by atoms with E-state index in [9.17, 15) is 14.9 Å². The molecule has 3 N–H and O–H groups in total. The van der Waals surface area contributed by atoms with Crippen LogP contribution in [0.2, 0.25) is 10.0 Å². The number of hydrogen-bond acceptors (Lipinski definition) is 6. The molecule has 178 valence electrons. The number of nitriles is 1. The van der Waals surface area contributed by atoms with Crippen LogP contribution in [0, 0.1) is 11.3 Å². The first kappa shape index (κ1) is 25.8. The van der Waals surface area contributed by atoms with Crippen molar-refractivity contribution in [1.29, 1.82) is 5.26 Å². The van der Waals surface area contributed by atoms with Crippen molar-refractivity contribution in [1.82, 2.24) is 10.6 Å². The predicted octanol–water partition coefficient (Wildman–Crippen LogP) is 5.57. The second kappa shape index (κ2) is 10.6. The largest absolute Gasteiger partial charge is 0.468 e. The lowest BCUT2D eigenvalue weighted by Gasteiger charge is -2.28. The van der Waals surface area contributed by atoms with Gasteiger partial charge in [0.1, 0.15) is 5.76 Å².